The molecule has 0 unspecified atom stereocenters. The summed E-state index contributed by atoms with van der Waals surface area (Å²) in [6.45, 7) is 4.11. The van der Waals surface area contributed by atoms with Gasteiger partial charge in [0, 0.05) is 12.1 Å². The summed E-state index contributed by atoms with van der Waals surface area (Å²) < 4.78 is 25.2. The Bertz CT molecular complexity index is 543. The fourth-order valence-electron chi connectivity index (χ4n) is 1.33. The van der Waals surface area contributed by atoms with Gasteiger partial charge in [-0.2, -0.15) is 0 Å². The van der Waals surface area contributed by atoms with Crippen LogP contribution >= 0.6 is 15.9 Å². The molecule has 1 amide bonds. The molecule has 1 rings (SSSR count). The maximum Gasteiger partial charge on any atom is 0.251 e. The number of carbonyl (C=O) groups excluding carboxylic acids is 1. The van der Waals surface area contributed by atoms with Crippen LogP contribution < -0.4 is 10.0 Å². The van der Waals surface area contributed by atoms with Gasteiger partial charge < -0.3 is 5.32 Å². The van der Waals surface area contributed by atoms with Crippen LogP contribution in [0.2, 0.25) is 0 Å². The van der Waals surface area contributed by atoms with Gasteiger partial charge in [0.25, 0.3) is 5.91 Å². The molecule has 18 heavy (non-hydrogen) atoms. The molecule has 0 heterocycles. The Kier molecular flexibility index (Phi) is 5.15. The molecule has 0 aliphatic carbocycles. The van der Waals surface area contributed by atoms with Crippen LogP contribution in [0.25, 0.3) is 0 Å². The van der Waals surface area contributed by atoms with Crippen molar-refractivity contribution < 1.29 is 13.2 Å². The average Bonchev–Trinajstić information content (AvgIpc) is 2.32. The van der Waals surface area contributed by atoms with Crippen molar-refractivity contribution in [2.24, 2.45) is 0 Å². The third-order valence-corrected chi connectivity index (χ3v) is 4.87. The molecule has 0 radical (unpaired) electrons. The SMILES string of the molecule is CCNC(=O)c1ccc(C)c(NS(=O)(=O)CBr)c1. The number of hydrogen-bond donors (Lipinski definition) is 2. The van der Waals surface area contributed by atoms with Gasteiger partial charge in [0.05, 0.1) is 5.69 Å². The van der Waals surface area contributed by atoms with E-state index in [1.807, 2.05) is 6.92 Å². The van der Waals surface area contributed by atoms with E-state index in [0.717, 1.165) is 5.56 Å². The normalized spacial score (nSPS) is 11.1. The highest BCUT2D eigenvalue weighted by Gasteiger charge is 2.12. The van der Waals surface area contributed by atoms with Crippen LogP contribution in [0.3, 0.4) is 0 Å². The predicted molar refractivity (Wildman–Crippen MR) is 75.5 cm³/mol. The second-order valence-electron chi connectivity index (χ2n) is 3.72. The van der Waals surface area contributed by atoms with E-state index in [4.69, 9.17) is 0 Å². The third-order valence-electron chi connectivity index (χ3n) is 2.25. The van der Waals surface area contributed by atoms with E-state index in [1.54, 1.807) is 19.1 Å². The Balaban J connectivity index is 3.06. The number of carbonyl (C=O) groups is 1. The number of alkyl halides is 1. The van der Waals surface area contributed by atoms with Gasteiger partial charge in [0.2, 0.25) is 10.0 Å². The topological polar surface area (TPSA) is 75.3 Å². The lowest BCUT2D eigenvalue weighted by atomic mass is 10.1. The Hall–Kier alpha value is -1.08. The van der Waals surface area contributed by atoms with Gasteiger partial charge in [-0.3, -0.25) is 9.52 Å². The highest BCUT2D eigenvalue weighted by molar-refractivity contribution is 9.10. The van der Waals surface area contributed by atoms with Crippen LogP contribution in [-0.4, -0.2) is 25.5 Å². The largest absolute Gasteiger partial charge is 0.352 e. The molecule has 0 spiro atoms. The van der Waals surface area contributed by atoms with Crippen molar-refractivity contribution in [2.75, 3.05) is 15.9 Å². The molecule has 5 nitrogen and oxygen atoms in total. The van der Waals surface area contributed by atoms with Crippen molar-refractivity contribution in [3.63, 3.8) is 0 Å². The summed E-state index contributed by atoms with van der Waals surface area (Å²) in [6.07, 6.45) is 0. The minimum atomic E-state index is -3.41. The minimum Gasteiger partial charge on any atom is -0.352 e. The lowest BCUT2D eigenvalue weighted by molar-refractivity contribution is 0.0956. The first kappa shape index (κ1) is 15.0. The van der Waals surface area contributed by atoms with Crippen LogP contribution in [-0.2, 0) is 10.0 Å². The molecule has 7 heteroatoms. The molecule has 0 saturated heterocycles. The van der Waals surface area contributed by atoms with E-state index in [1.165, 1.54) is 6.07 Å². The molecule has 0 bridgehead atoms. The summed E-state index contributed by atoms with van der Waals surface area (Å²) in [5, 5.41) is 2.66. The van der Waals surface area contributed by atoms with Gasteiger partial charge in [-0.05, 0) is 31.5 Å². The number of halogens is 1. The number of nitrogens with one attached hydrogen (secondary N) is 2. The highest BCUT2D eigenvalue weighted by atomic mass is 79.9. The van der Waals surface area contributed by atoms with Crippen molar-refractivity contribution in [1.82, 2.24) is 5.32 Å². The van der Waals surface area contributed by atoms with Crippen molar-refractivity contribution in [3.8, 4) is 0 Å². The van der Waals surface area contributed by atoms with Crippen molar-refractivity contribution in [1.29, 1.82) is 0 Å². The number of benzene rings is 1. The molecule has 0 aliphatic rings. The quantitative estimate of drug-likeness (QED) is 0.806. The maximum absolute atomic E-state index is 11.6. The molecule has 0 fully saturated rings. The van der Waals surface area contributed by atoms with Gasteiger partial charge >= 0.3 is 0 Å². The van der Waals surface area contributed by atoms with Crippen LogP contribution in [0.1, 0.15) is 22.8 Å². The van der Waals surface area contributed by atoms with E-state index in [9.17, 15) is 13.2 Å². The number of sulfonamides is 1. The summed E-state index contributed by atoms with van der Waals surface area (Å²) in [7, 11) is -3.41. The fraction of sp³-hybridized carbons (Fsp3) is 0.364. The second kappa shape index (κ2) is 6.19. The number of amides is 1. The first-order valence-electron chi connectivity index (χ1n) is 5.35. The Morgan fingerprint density at radius 3 is 2.61 bits per heavy atom. The summed E-state index contributed by atoms with van der Waals surface area (Å²) in [5.41, 5.74) is 1.60. The molecule has 0 aliphatic heterocycles. The molecule has 0 aromatic heterocycles. The molecular formula is C11H15BrN2O3S. The second-order valence-corrected chi connectivity index (χ2v) is 6.74. The number of hydrogen-bond acceptors (Lipinski definition) is 3. The summed E-state index contributed by atoms with van der Waals surface area (Å²) in [5.74, 6) is -0.225. The third kappa shape index (κ3) is 3.99. The summed E-state index contributed by atoms with van der Waals surface area (Å²) >= 11 is 2.90. The molecule has 100 valence electrons. The van der Waals surface area contributed by atoms with Crippen LogP contribution in [0.5, 0.6) is 0 Å². The maximum atomic E-state index is 11.6. The lowest BCUT2D eigenvalue weighted by Crippen LogP contribution is -2.23. The standard InChI is InChI=1S/C11H15BrN2O3S/c1-3-13-11(15)9-5-4-8(2)10(6-9)14-18(16,17)7-12/h4-6,14H,3,7H2,1-2H3,(H,13,15). The van der Waals surface area contributed by atoms with E-state index in [0.29, 0.717) is 17.8 Å². The summed E-state index contributed by atoms with van der Waals surface area (Å²) in [6, 6.07) is 4.89. The van der Waals surface area contributed by atoms with Gasteiger partial charge in [0.15, 0.2) is 0 Å². The molecule has 1 aromatic rings. The molecular weight excluding hydrogens is 320 g/mol. The fourth-order valence-corrected chi connectivity index (χ4v) is 2.28. The van der Waals surface area contributed by atoms with Crippen molar-refractivity contribution in [2.45, 2.75) is 13.8 Å². The summed E-state index contributed by atoms with van der Waals surface area (Å²) in [4.78, 5) is 11.6. The van der Waals surface area contributed by atoms with Crippen LogP contribution in [0.15, 0.2) is 18.2 Å². The first-order chi connectivity index (χ1) is 8.39. The van der Waals surface area contributed by atoms with Gasteiger partial charge in [-0.15, -0.1) is 0 Å². The molecule has 2 N–H and O–H groups in total. The van der Waals surface area contributed by atoms with Crippen LogP contribution in [0, 0.1) is 6.92 Å². The molecule has 1 aromatic carbocycles. The monoisotopic (exact) mass is 334 g/mol. The Morgan fingerprint density at radius 2 is 2.06 bits per heavy atom. The van der Waals surface area contributed by atoms with Gasteiger partial charge in [-0.1, -0.05) is 22.0 Å². The smallest absolute Gasteiger partial charge is 0.251 e. The lowest BCUT2D eigenvalue weighted by Gasteiger charge is -2.10. The Morgan fingerprint density at radius 1 is 1.39 bits per heavy atom. The van der Waals surface area contributed by atoms with Crippen LogP contribution in [0.4, 0.5) is 5.69 Å². The first-order valence-corrected chi connectivity index (χ1v) is 8.12. The number of anilines is 1. The van der Waals surface area contributed by atoms with E-state index in [-0.39, 0.29) is 10.6 Å². The zero-order chi connectivity index (χ0) is 13.8. The highest BCUT2D eigenvalue weighted by Crippen LogP contribution is 2.18. The van der Waals surface area contributed by atoms with Gasteiger partial charge in [-0.25, -0.2) is 8.42 Å². The van der Waals surface area contributed by atoms with E-state index >= 15 is 0 Å². The zero-order valence-corrected chi connectivity index (χ0v) is 12.6. The molecule has 0 saturated carbocycles. The van der Waals surface area contributed by atoms with Gasteiger partial charge in [0.1, 0.15) is 4.66 Å². The minimum absolute atomic E-state index is 0.190. The number of rotatable bonds is 5. The van der Waals surface area contributed by atoms with Crippen molar-refractivity contribution >= 4 is 37.5 Å². The predicted octanol–water partition coefficient (Wildman–Crippen LogP) is 1.84. The van der Waals surface area contributed by atoms with E-state index in [2.05, 4.69) is 26.0 Å². The van der Waals surface area contributed by atoms with Crippen molar-refractivity contribution in [3.05, 3.63) is 29.3 Å². The number of aryl methyl sites for hydroxylation is 1. The molecule has 0 atom stereocenters. The Labute approximate surface area is 115 Å². The zero-order valence-electron chi connectivity index (χ0n) is 10.2. The average molecular weight is 335 g/mol. The van der Waals surface area contributed by atoms with E-state index < -0.39 is 10.0 Å².